The molecule has 0 heterocycles. The van der Waals surface area contributed by atoms with Crippen LogP contribution in [0, 0.1) is 0 Å². The highest BCUT2D eigenvalue weighted by Crippen LogP contribution is 2.20. The average Bonchev–Trinajstić information content (AvgIpc) is 2.14. The summed E-state index contributed by atoms with van der Waals surface area (Å²) in [5, 5.41) is 9.60. The van der Waals surface area contributed by atoms with Crippen molar-refractivity contribution in [1.82, 2.24) is 0 Å². The summed E-state index contributed by atoms with van der Waals surface area (Å²) in [5.41, 5.74) is 0.739. The minimum atomic E-state index is -3.07. The number of aliphatic hydroxyl groups is 1. The lowest BCUT2D eigenvalue weighted by Gasteiger charge is -2.08. The van der Waals surface area contributed by atoms with Crippen LogP contribution in [0.5, 0.6) is 0 Å². The van der Waals surface area contributed by atoms with Gasteiger partial charge in [-0.05, 0) is 16.4 Å². The van der Waals surface area contributed by atoms with Crippen LogP contribution in [-0.4, -0.2) is 25.5 Å². The van der Waals surface area contributed by atoms with Crippen molar-refractivity contribution in [2.24, 2.45) is 0 Å². The minimum absolute atomic E-state index is 0.169. The van der Waals surface area contributed by atoms with Crippen molar-refractivity contribution < 1.29 is 13.5 Å². The number of rotatable bonds is 4. The molecular weight excluding hydrogens is 220 g/mol. The Hall–Kier alpha value is -0.520. The molecule has 1 N–H and O–H groups in total. The summed E-state index contributed by atoms with van der Waals surface area (Å²) in [6.45, 7) is 0. The Morgan fingerprint density at radius 1 is 1.36 bits per heavy atom. The predicted molar refractivity (Wildman–Crippen MR) is 58.7 cm³/mol. The fourth-order valence-electron chi connectivity index (χ4n) is 0.959. The summed E-state index contributed by atoms with van der Waals surface area (Å²) in [7, 11) is -2.31. The third kappa shape index (κ3) is 4.13. The Bertz CT molecular complexity index is 372. The van der Waals surface area contributed by atoms with Gasteiger partial charge >= 0.3 is 0 Å². The molecule has 0 aliphatic carbocycles. The van der Waals surface area contributed by atoms with Crippen molar-refractivity contribution >= 4 is 19.7 Å². The Kier molecular flexibility index (Phi) is 3.97. The largest absolute Gasteiger partial charge is 0.388 e. The monoisotopic (exact) mass is 232 g/mol. The maximum Gasteiger partial charge on any atom is 0.198 e. The molecule has 0 fully saturated rings. The van der Waals surface area contributed by atoms with E-state index in [1.807, 2.05) is 18.2 Å². The zero-order valence-corrected chi connectivity index (χ0v) is 9.38. The van der Waals surface area contributed by atoms with E-state index in [1.54, 1.807) is 12.1 Å². The standard InChI is InChI=1S/C9H12O3S2/c1-14(11,12)13-7-9(10)8-5-3-2-4-6-8/h2-6,9-10H,7H2,1H3/t9-/m0/s1. The molecule has 0 amide bonds. The molecule has 1 aromatic rings. The van der Waals surface area contributed by atoms with E-state index in [0.29, 0.717) is 0 Å². The quantitative estimate of drug-likeness (QED) is 0.798. The van der Waals surface area contributed by atoms with E-state index in [9.17, 15) is 13.5 Å². The van der Waals surface area contributed by atoms with Crippen LogP contribution in [0.25, 0.3) is 0 Å². The summed E-state index contributed by atoms with van der Waals surface area (Å²) in [6, 6.07) is 9.01. The van der Waals surface area contributed by atoms with Crippen LogP contribution < -0.4 is 0 Å². The van der Waals surface area contributed by atoms with Gasteiger partial charge in [-0.1, -0.05) is 30.3 Å². The van der Waals surface area contributed by atoms with Gasteiger partial charge in [0.15, 0.2) is 8.87 Å². The molecule has 3 nitrogen and oxygen atoms in total. The van der Waals surface area contributed by atoms with E-state index in [4.69, 9.17) is 0 Å². The molecule has 1 aromatic carbocycles. The molecule has 1 atom stereocenters. The van der Waals surface area contributed by atoms with Crippen LogP contribution >= 0.6 is 10.8 Å². The Labute approximate surface area is 87.5 Å². The fraction of sp³-hybridized carbons (Fsp3) is 0.333. The third-order valence-corrected chi connectivity index (χ3v) is 4.20. The van der Waals surface area contributed by atoms with Gasteiger partial charge in [0.05, 0.1) is 6.10 Å². The smallest absolute Gasteiger partial charge is 0.198 e. The summed E-state index contributed by atoms with van der Waals surface area (Å²) in [5.74, 6) is 0.169. The first kappa shape index (κ1) is 11.6. The highest BCUT2D eigenvalue weighted by atomic mass is 33.1. The topological polar surface area (TPSA) is 54.4 Å². The van der Waals surface area contributed by atoms with Gasteiger partial charge in [0, 0.05) is 12.0 Å². The molecular formula is C9H12O3S2. The Balaban J connectivity index is 2.56. The first-order valence-corrected chi connectivity index (χ1v) is 7.46. The van der Waals surface area contributed by atoms with Crippen molar-refractivity contribution in [2.75, 3.05) is 12.0 Å². The van der Waals surface area contributed by atoms with E-state index >= 15 is 0 Å². The van der Waals surface area contributed by atoms with Crippen LogP contribution in [0.1, 0.15) is 11.7 Å². The van der Waals surface area contributed by atoms with E-state index in [-0.39, 0.29) is 5.75 Å². The van der Waals surface area contributed by atoms with E-state index in [0.717, 1.165) is 22.6 Å². The third-order valence-electron chi connectivity index (χ3n) is 1.62. The van der Waals surface area contributed by atoms with E-state index in [2.05, 4.69) is 0 Å². The lowest BCUT2D eigenvalue weighted by atomic mass is 10.1. The van der Waals surface area contributed by atoms with Gasteiger partial charge < -0.3 is 5.11 Å². The first-order chi connectivity index (χ1) is 6.49. The predicted octanol–water partition coefficient (Wildman–Crippen LogP) is 1.41. The SMILES string of the molecule is CS(=O)(=O)SC[C@H](O)c1ccccc1. The molecule has 5 heteroatoms. The molecule has 0 saturated carbocycles. The summed E-state index contributed by atoms with van der Waals surface area (Å²) >= 11 is 0. The molecule has 0 aromatic heterocycles. The second kappa shape index (κ2) is 4.82. The van der Waals surface area contributed by atoms with E-state index < -0.39 is 15.0 Å². The Morgan fingerprint density at radius 2 is 1.93 bits per heavy atom. The lowest BCUT2D eigenvalue weighted by molar-refractivity contribution is 0.204. The van der Waals surface area contributed by atoms with Crippen molar-refractivity contribution in [3.05, 3.63) is 35.9 Å². The highest BCUT2D eigenvalue weighted by molar-refractivity contribution is 8.71. The van der Waals surface area contributed by atoms with Crippen LogP contribution in [0.15, 0.2) is 30.3 Å². The van der Waals surface area contributed by atoms with Gasteiger partial charge in [-0.15, -0.1) is 0 Å². The summed E-state index contributed by atoms with van der Waals surface area (Å²) in [6.07, 6.45) is 0.408. The van der Waals surface area contributed by atoms with Gasteiger partial charge in [-0.3, -0.25) is 0 Å². The van der Waals surface area contributed by atoms with Crippen molar-refractivity contribution in [1.29, 1.82) is 0 Å². The zero-order chi connectivity index (χ0) is 10.6. The van der Waals surface area contributed by atoms with Gasteiger partial charge in [0.1, 0.15) is 0 Å². The second-order valence-electron chi connectivity index (χ2n) is 2.92. The van der Waals surface area contributed by atoms with Crippen molar-refractivity contribution in [3.63, 3.8) is 0 Å². The fourth-order valence-corrected chi connectivity index (χ4v) is 2.66. The van der Waals surface area contributed by atoms with Gasteiger partial charge in [-0.2, -0.15) is 0 Å². The molecule has 0 aliphatic heterocycles. The molecule has 78 valence electrons. The molecule has 0 spiro atoms. The number of hydrogen-bond acceptors (Lipinski definition) is 4. The lowest BCUT2D eigenvalue weighted by Crippen LogP contribution is -2.02. The minimum Gasteiger partial charge on any atom is -0.388 e. The normalized spacial score (nSPS) is 13.9. The number of aliphatic hydroxyl groups excluding tert-OH is 1. The van der Waals surface area contributed by atoms with E-state index in [1.165, 1.54) is 0 Å². The van der Waals surface area contributed by atoms with Crippen molar-refractivity contribution in [2.45, 2.75) is 6.10 Å². The zero-order valence-electron chi connectivity index (χ0n) is 7.75. The molecule has 0 radical (unpaired) electrons. The molecule has 0 unspecified atom stereocenters. The van der Waals surface area contributed by atoms with Crippen LogP contribution in [-0.2, 0) is 8.87 Å². The second-order valence-corrected chi connectivity index (χ2v) is 7.42. The van der Waals surface area contributed by atoms with Crippen LogP contribution in [0.4, 0.5) is 0 Å². The Morgan fingerprint density at radius 3 is 2.43 bits per heavy atom. The highest BCUT2D eigenvalue weighted by Gasteiger charge is 2.11. The molecule has 0 aliphatic rings. The first-order valence-electron chi connectivity index (χ1n) is 4.06. The van der Waals surface area contributed by atoms with Gasteiger partial charge in [0.25, 0.3) is 0 Å². The van der Waals surface area contributed by atoms with Crippen molar-refractivity contribution in [3.8, 4) is 0 Å². The summed E-state index contributed by atoms with van der Waals surface area (Å²) in [4.78, 5) is 0. The maximum absolute atomic E-state index is 10.8. The number of hydrogen-bond donors (Lipinski definition) is 1. The average molecular weight is 232 g/mol. The van der Waals surface area contributed by atoms with Gasteiger partial charge in [-0.25, -0.2) is 8.42 Å². The molecule has 0 saturated heterocycles. The summed E-state index contributed by atoms with van der Waals surface area (Å²) < 4.78 is 21.6. The molecule has 1 rings (SSSR count). The van der Waals surface area contributed by atoms with Crippen LogP contribution in [0.3, 0.4) is 0 Å². The van der Waals surface area contributed by atoms with Crippen LogP contribution in [0.2, 0.25) is 0 Å². The maximum atomic E-state index is 10.8. The number of benzene rings is 1. The van der Waals surface area contributed by atoms with Gasteiger partial charge in [0.2, 0.25) is 0 Å². The molecule has 0 bridgehead atoms. The molecule has 14 heavy (non-hydrogen) atoms.